The smallest absolute Gasteiger partial charge is 0.311 e. The van der Waals surface area contributed by atoms with E-state index in [2.05, 4.69) is 10.5 Å². The maximum absolute atomic E-state index is 10.9. The van der Waals surface area contributed by atoms with Crippen molar-refractivity contribution in [1.82, 2.24) is 10.5 Å². The molecule has 0 spiro atoms. The number of nitrogens with zero attached hydrogens (tertiary/aromatic N) is 2. The van der Waals surface area contributed by atoms with E-state index in [1.807, 2.05) is 0 Å². The largest absolute Gasteiger partial charge is 0.490 e. The van der Waals surface area contributed by atoms with Crippen LogP contribution in [0.2, 0.25) is 0 Å². The van der Waals surface area contributed by atoms with Gasteiger partial charge in [-0.1, -0.05) is 11.2 Å². The minimum Gasteiger partial charge on any atom is -0.490 e. The first-order chi connectivity index (χ1) is 9.20. The number of methoxy groups -OCH3 is 1. The van der Waals surface area contributed by atoms with Gasteiger partial charge in [0.25, 0.3) is 0 Å². The van der Waals surface area contributed by atoms with Crippen molar-refractivity contribution in [2.75, 3.05) is 7.11 Å². The first-order valence-electron chi connectivity index (χ1n) is 5.62. The minimum absolute atomic E-state index is 0.0387. The van der Waals surface area contributed by atoms with Gasteiger partial charge in [0.2, 0.25) is 0 Å². The lowest BCUT2D eigenvalue weighted by atomic mass is 10.2. The fourth-order valence-corrected chi connectivity index (χ4v) is 1.65. The van der Waals surface area contributed by atoms with Crippen LogP contribution >= 0.6 is 0 Å². The summed E-state index contributed by atoms with van der Waals surface area (Å²) in [7, 11) is 1.41. The summed E-state index contributed by atoms with van der Waals surface area (Å²) >= 11 is 0. The number of nitro groups is 1. The Morgan fingerprint density at radius 3 is 2.89 bits per heavy atom. The Kier molecular flexibility index (Phi) is 4.09. The van der Waals surface area contributed by atoms with Gasteiger partial charge >= 0.3 is 5.69 Å². The van der Waals surface area contributed by atoms with Gasteiger partial charge < -0.3 is 14.6 Å². The first-order valence-corrected chi connectivity index (χ1v) is 5.62. The zero-order valence-electron chi connectivity index (χ0n) is 10.3. The standard InChI is InChI=1S/C12H13N3O4/c1-18-12-3-2-9(6-11(12)15(16)17)7-13-8-10-4-5-19-14-10/h2-6,13H,7-8H2,1H3. The monoisotopic (exact) mass is 263 g/mol. The highest BCUT2D eigenvalue weighted by atomic mass is 16.6. The lowest BCUT2D eigenvalue weighted by Crippen LogP contribution is -2.13. The topological polar surface area (TPSA) is 90.4 Å². The second-order valence-electron chi connectivity index (χ2n) is 3.86. The van der Waals surface area contributed by atoms with Crippen LogP contribution in [0.5, 0.6) is 5.75 Å². The van der Waals surface area contributed by atoms with Crippen LogP contribution in [0.4, 0.5) is 5.69 Å². The van der Waals surface area contributed by atoms with Gasteiger partial charge in [0.1, 0.15) is 6.26 Å². The van der Waals surface area contributed by atoms with E-state index in [1.54, 1.807) is 18.2 Å². The zero-order valence-corrected chi connectivity index (χ0v) is 10.3. The lowest BCUT2D eigenvalue weighted by Gasteiger charge is -2.05. The summed E-state index contributed by atoms with van der Waals surface area (Å²) < 4.78 is 9.64. The molecule has 0 atom stereocenters. The highest BCUT2D eigenvalue weighted by molar-refractivity contribution is 5.48. The van der Waals surface area contributed by atoms with E-state index in [4.69, 9.17) is 9.26 Å². The van der Waals surface area contributed by atoms with E-state index in [9.17, 15) is 10.1 Å². The fraction of sp³-hybridized carbons (Fsp3) is 0.250. The Bertz CT molecular complexity index is 554. The van der Waals surface area contributed by atoms with Gasteiger partial charge in [-0.2, -0.15) is 0 Å². The number of hydrogen-bond acceptors (Lipinski definition) is 6. The predicted octanol–water partition coefficient (Wildman–Crippen LogP) is 1.88. The Balaban J connectivity index is 2.00. The molecule has 0 aliphatic rings. The normalized spacial score (nSPS) is 10.4. The zero-order chi connectivity index (χ0) is 13.7. The van der Waals surface area contributed by atoms with Crippen LogP contribution in [-0.2, 0) is 13.1 Å². The Hall–Kier alpha value is -2.41. The van der Waals surface area contributed by atoms with E-state index in [1.165, 1.54) is 19.4 Å². The molecule has 1 heterocycles. The third kappa shape index (κ3) is 3.29. The minimum atomic E-state index is -0.458. The van der Waals surface area contributed by atoms with Crippen molar-refractivity contribution in [3.63, 3.8) is 0 Å². The molecule has 0 fully saturated rings. The molecule has 100 valence electrons. The third-order valence-electron chi connectivity index (χ3n) is 2.57. The predicted molar refractivity (Wildman–Crippen MR) is 66.7 cm³/mol. The van der Waals surface area contributed by atoms with Crippen molar-refractivity contribution >= 4 is 5.69 Å². The van der Waals surface area contributed by atoms with Crippen molar-refractivity contribution < 1.29 is 14.2 Å². The molecule has 0 saturated heterocycles. The van der Waals surface area contributed by atoms with Crippen LogP contribution < -0.4 is 10.1 Å². The van der Waals surface area contributed by atoms with Crippen molar-refractivity contribution in [2.45, 2.75) is 13.1 Å². The van der Waals surface area contributed by atoms with E-state index < -0.39 is 4.92 Å². The van der Waals surface area contributed by atoms with E-state index in [-0.39, 0.29) is 11.4 Å². The molecular formula is C12H13N3O4. The molecule has 0 saturated carbocycles. The maximum atomic E-state index is 10.9. The van der Waals surface area contributed by atoms with Gasteiger partial charge in [-0.05, 0) is 11.6 Å². The average molecular weight is 263 g/mol. The third-order valence-corrected chi connectivity index (χ3v) is 2.57. The summed E-state index contributed by atoms with van der Waals surface area (Å²) in [5.41, 5.74) is 1.54. The summed E-state index contributed by atoms with van der Waals surface area (Å²) in [5, 5.41) is 17.8. The van der Waals surface area contributed by atoms with Gasteiger partial charge in [0.05, 0.1) is 17.7 Å². The van der Waals surface area contributed by atoms with Crippen molar-refractivity contribution in [2.24, 2.45) is 0 Å². The number of nitrogens with one attached hydrogen (secondary N) is 1. The van der Waals surface area contributed by atoms with Crippen LogP contribution in [-0.4, -0.2) is 17.2 Å². The summed E-state index contributed by atoms with van der Waals surface area (Å²) in [6.45, 7) is 1.04. The van der Waals surface area contributed by atoms with Crippen LogP contribution in [0, 0.1) is 10.1 Å². The van der Waals surface area contributed by atoms with Gasteiger partial charge in [0.15, 0.2) is 5.75 Å². The lowest BCUT2D eigenvalue weighted by molar-refractivity contribution is -0.385. The molecule has 7 heteroatoms. The summed E-state index contributed by atoms with van der Waals surface area (Å²) in [4.78, 5) is 10.4. The highest BCUT2D eigenvalue weighted by Crippen LogP contribution is 2.27. The second-order valence-corrected chi connectivity index (χ2v) is 3.86. The van der Waals surface area contributed by atoms with Gasteiger partial charge in [0, 0.05) is 25.2 Å². The first kappa shape index (κ1) is 13.0. The molecule has 0 aliphatic heterocycles. The molecule has 19 heavy (non-hydrogen) atoms. The molecule has 1 N–H and O–H groups in total. The molecule has 0 amide bonds. The number of rotatable bonds is 6. The maximum Gasteiger partial charge on any atom is 0.311 e. The summed E-state index contributed by atoms with van der Waals surface area (Å²) in [6, 6.07) is 6.62. The van der Waals surface area contributed by atoms with Crippen LogP contribution in [0.3, 0.4) is 0 Å². The van der Waals surface area contributed by atoms with Crippen LogP contribution in [0.1, 0.15) is 11.3 Å². The molecule has 2 rings (SSSR count). The summed E-state index contributed by atoms with van der Waals surface area (Å²) in [5.74, 6) is 0.255. The second kappa shape index (κ2) is 5.96. The number of benzene rings is 1. The fourth-order valence-electron chi connectivity index (χ4n) is 1.65. The van der Waals surface area contributed by atoms with E-state index in [0.29, 0.717) is 13.1 Å². The van der Waals surface area contributed by atoms with Gasteiger partial charge in [-0.15, -0.1) is 0 Å². The van der Waals surface area contributed by atoms with Crippen molar-refractivity contribution in [3.8, 4) is 5.75 Å². The highest BCUT2D eigenvalue weighted by Gasteiger charge is 2.14. The molecule has 0 radical (unpaired) electrons. The number of ether oxygens (including phenoxy) is 1. The van der Waals surface area contributed by atoms with Gasteiger partial charge in [-0.25, -0.2) is 0 Å². The average Bonchev–Trinajstić information content (AvgIpc) is 2.91. The quantitative estimate of drug-likeness (QED) is 0.632. The Morgan fingerprint density at radius 2 is 2.26 bits per heavy atom. The van der Waals surface area contributed by atoms with E-state index >= 15 is 0 Å². The SMILES string of the molecule is COc1ccc(CNCc2ccon2)cc1[N+](=O)[O-]. The molecule has 0 bridgehead atoms. The summed E-state index contributed by atoms with van der Waals surface area (Å²) in [6.07, 6.45) is 1.50. The molecule has 1 aromatic carbocycles. The Labute approximate surface area is 109 Å². The number of nitro benzene ring substituents is 1. The van der Waals surface area contributed by atoms with Crippen LogP contribution in [0.15, 0.2) is 35.1 Å². The molecule has 1 aromatic heterocycles. The number of hydrogen-bond donors (Lipinski definition) is 1. The molecule has 7 nitrogen and oxygen atoms in total. The van der Waals surface area contributed by atoms with Gasteiger partial charge in [-0.3, -0.25) is 10.1 Å². The molecule has 2 aromatic rings. The number of aromatic nitrogens is 1. The molecule has 0 unspecified atom stereocenters. The van der Waals surface area contributed by atoms with Crippen molar-refractivity contribution in [1.29, 1.82) is 0 Å². The van der Waals surface area contributed by atoms with Crippen molar-refractivity contribution in [3.05, 3.63) is 51.9 Å². The van der Waals surface area contributed by atoms with Crippen LogP contribution in [0.25, 0.3) is 0 Å². The molecular weight excluding hydrogens is 250 g/mol. The Morgan fingerprint density at radius 1 is 1.42 bits per heavy atom. The molecule has 0 aliphatic carbocycles. The van der Waals surface area contributed by atoms with E-state index in [0.717, 1.165) is 11.3 Å².